The van der Waals surface area contributed by atoms with Gasteiger partial charge in [0.05, 0.1) is 6.04 Å². The highest BCUT2D eigenvalue weighted by molar-refractivity contribution is 7.92. The molecular formula is C19H27N3O4S. The molecule has 2 amide bonds. The molecule has 8 heteroatoms. The van der Waals surface area contributed by atoms with Crippen molar-refractivity contribution in [2.75, 3.05) is 49.1 Å². The molecule has 0 N–H and O–H groups in total. The van der Waals surface area contributed by atoms with Gasteiger partial charge in [-0.25, -0.2) is 8.42 Å². The molecule has 2 aliphatic rings. The molecule has 0 bridgehead atoms. The van der Waals surface area contributed by atoms with E-state index >= 15 is 0 Å². The number of hydrogen-bond acceptors (Lipinski definition) is 5. The van der Waals surface area contributed by atoms with E-state index in [0.29, 0.717) is 26.2 Å². The van der Waals surface area contributed by atoms with Crippen LogP contribution in [0.3, 0.4) is 0 Å². The summed E-state index contributed by atoms with van der Waals surface area (Å²) in [7, 11) is -3.31. The lowest BCUT2D eigenvalue weighted by Gasteiger charge is -2.42. The second-order valence-electron chi connectivity index (χ2n) is 7.08. The van der Waals surface area contributed by atoms with Crippen molar-refractivity contribution in [2.24, 2.45) is 0 Å². The van der Waals surface area contributed by atoms with E-state index in [4.69, 9.17) is 0 Å². The minimum absolute atomic E-state index is 0.0232. The Hall–Kier alpha value is -1.93. The van der Waals surface area contributed by atoms with Crippen LogP contribution < -0.4 is 4.90 Å². The number of piperazine rings is 1. The zero-order chi connectivity index (χ0) is 19.4. The summed E-state index contributed by atoms with van der Waals surface area (Å²) in [4.78, 5) is 30.8. The lowest BCUT2D eigenvalue weighted by Crippen LogP contribution is -2.58. The predicted octanol–water partition coefficient (Wildman–Crippen LogP) is 0.761. The Morgan fingerprint density at radius 3 is 2.37 bits per heavy atom. The maximum atomic E-state index is 13.0. The number of nitrogens with zero attached hydrogens (tertiary/aromatic N) is 3. The maximum absolute atomic E-state index is 13.0. The van der Waals surface area contributed by atoms with Gasteiger partial charge in [0.1, 0.15) is 5.75 Å². The topological polar surface area (TPSA) is 78.0 Å². The summed E-state index contributed by atoms with van der Waals surface area (Å²) in [6.07, 6.45) is 1.76. The highest BCUT2D eigenvalue weighted by Crippen LogP contribution is 2.24. The number of amides is 2. The Morgan fingerprint density at radius 2 is 1.74 bits per heavy atom. The normalized spacial score (nSPS) is 22.1. The van der Waals surface area contributed by atoms with Crippen LogP contribution in [0.4, 0.5) is 5.69 Å². The summed E-state index contributed by atoms with van der Waals surface area (Å²) in [6, 6.07) is 9.53. The lowest BCUT2D eigenvalue weighted by atomic mass is 10.0. The molecule has 1 unspecified atom stereocenters. The van der Waals surface area contributed by atoms with Gasteiger partial charge >= 0.3 is 0 Å². The molecule has 2 aliphatic heterocycles. The number of anilines is 1. The van der Waals surface area contributed by atoms with Gasteiger partial charge in [0.25, 0.3) is 0 Å². The molecule has 2 fully saturated rings. The van der Waals surface area contributed by atoms with Crippen molar-refractivity contribution in [1.82, 2.24) is 9.80 Å². The lowest BCUT2D eigenvalue weighted by molar-refractivity contribution is -0.132. The molecule has 0 radical (unpaired) electrons. The van der Waals surface area contributed by atoms with E-state index in [1.807, 2.05) is 35.2 Å². The van der Waals surface area contributed by atoms with E-state index in [0.717, 1.165) is 25.1 Å². The van der Waals surface area contributed by atoms with E-state index in [1.54, 1.807) is 11.8 Å². The van der Waals surface area contributed by atoms with Crippen LogP contribution in [0.25, 0.3) is 0 Å². The Labute approximate surface area is 160 Å². The van der Waals surface area contributed by atoms with E-state index in [2.05, 4.69) is 4.90 Å². The molecule has 148 valence electrons. The molecule has 0 saturated carbocycles. The molecule has 7 nitrogen and oxygen atoms in total. The third kappa shape index (κ3) is 4.68. The molecular weight excluding hydrogens is 366 g/mol. The molecule has 1 aromatic carbocycles. The SMILES string of the molecule is CCS(=O)(=O)CC(=O)N1CCN(C2CCCN(c3ccccc3)C2=O)CC1. The quantitative estimate of drug-likeness (QED) is 0.738. The number of rotatable bonds is 5. The van der Waals surface area contributed by atoms with Gasteiger partial charge in [-0.05, 0) is 25.0 Å². The minimum atomic E-state index is -3.31. The Morgan fingerprint density at radius 1 is 1.07 bits per heavy atom. The first kappa shape index (κ1) is 19.8. The number of benzene rings is 1. The van der Waals surface area contributed by atoms with E-state index in [-0.39, 0.29) is 23.6 Å². The number of carbonyl (C=O) groups excluding carboxylic acids is 2. The van der Waals surface area contributed by atoms with Gasteiger partial charge in [-0.1, -0.05) is 25.1 Å². The third-order valence-electron chi connectivity index (χ3n) is 5.37. The molecule has 2 heterocycles. The van der Waals surface area contributed by atoms with Gasteiger partial charge in [0.2, 0.25) is 11.8 Å². The average Bonchev–Trinajstić information content (AvgIpc) is 2.69. The van der Waals surface area contributed by atoms with Gasteiger partial charge in [-0.2, -0.15) is 0 Å². The molecule has 2 saturated heterocycles. The summed E-state index contributed by atoms with van der Waals surface area (Å²) >= 11 is 0. The van der Waals surface area contributed by atoms with Crippen LogP contribution in [-0.2, 0) is 19.4 Å². The van der Waals surface area contributed by atoms with Crippen molar-refractivity contribution in [3.8, 4) is 0 Å². The molecule has 1 atom stereocenters. The second-order valence-corrected chi connectivity index (χ2v) is 9.43. The van der Waals surface area contributed by atoms with Crippen LogP contribution >= 0.6 is 0 Å². The first-order valence-electron chi connectivity index (χ1n) is 9.50. The number of piperidine rings is 1. The number of para-hydroxylation sites is 1. The molecule has 0 aliphatic carbocycles. The first-order chi connectivity index (χ1) is 12.9. The van der Waals surface area contributed by atoms with Crippen molar-refractivity contribution < 1.29 is 18.0 Å². The summed E-state index contributed by atoms with van der Waals surface area (Å²) in [6.45, 7) is 4.40. The van der Waals surface area contributed by atoms with Crippen LogP contribution in [0, 0.1) is 0 Å². The van der Waals surface area contributed by atoms with E-state index < -0.39 is 15.6 Å². The van der Waals surface area contributed by atoms with Crippen LogP contribution in [0.1, 0.15) is 19.8 Å². The first-order valence-corrected chi connectivity index (χ1v) is 11.3. The van der Waals surface area contributed by atoms with Gasteiger partial charge < -0.3 is 9.80 Å². The summed E-state index contributed by atoms with van der Waals surface area (Å²) in [5, 5.41) is 0. The van der Waals surface area contributed by atoms with Gasteiger partial charge in [-0.3, -0.25) is 14.5 Å². The third-order valence-corrected chi connectivity index (χ3v) is 6.94. The van der Waals surface area contributed by atoms with E-state index in [9.17, 15) is 18.0 Å². The van der Waals surface area contributed by atoms with Crippen molar-refractivity contribution >= 4 is 27.3 Å². The number of hydrogen-bond donors (Lipinski definition) is 0. The Kier molecular flexibility index (Phi) is 6.16. The Bertz CT molecular complexity index is 773. The number of sulfone groups is 1. The number of carbonyl (C=O) groups is 2. The minimum Gasteiger partial charge on any atom is -0.339 e. The fraction of sp³-hybridized carbons (Fsp3) is 0.579. The molecule has 3 rings (SSSR count). The fourth-order valence-corrected chi connectivity index (χ4v) is 4.49. The summed E-state index contributed by atoms with van der Waals surface area (Å²) in [5.41, 5.74) is 0.922. The van der Waals surface area contributed by atoms with Crippen molar-refractivity contribution in [3.63, 3.8) is 0 Å². The monoisotopic (exact) mass is 393 g/mol. The van der Waals surface area contributed by atoms with Crippen LogP contribution in [0.5, 0.6) is 0 Å². The van der Waals surface area contributed by atoms with Crippen molar-refractivity contribution in [2.45, 2.75) is 25.8 Å². The predicted molar refractivity (Wildman–Crippen MR) is 104 cm³/mol. The molecule has 1 aromatic rings. The highest BCUT2D eigenvalue weighted by atomic mass is 32.2. The Balaban J connectivity index is 1.59. The summed E-state index contributed by atoms with van der Waals surface area (Å²) < 4.78 is 23.3. The average molecular weight is 394 g/mol. The van der Waals surface area contributed by atoms with Crippen molar-refractivity contribution in [1.29, 1.82) is 0 Å². The van der Waals surface area contributed by atoms with Crippen LogP contribution in [-0.4, -0.2) is 80.3 Å². The maximum Gasteiger partial charge on any atom is 0.244 e. The summed E-state index contributed by atoms with van der Waals surface area (Å²) in [5.74, 6) is -0.670. The zero-order valence-corrected chi connectivity index (χ0v) is 16.5. The molecule has 0 spiro atoms. The van der Waals surface area contributed by atoms with Crippen molar-refractivity contribution in [3.05, 3.63) is 30.3 Å². The standard InChI is InChI=1S/C19H27N3O4S/c1-2-27(25,26)15-18(23)21-13-11-20(12-14-21)17-9-6-10-22(19(17)24)16-7-4-3-5-8-16/h3-5,7-8,17H,2,6,9-15H2,1H3. The largest absolute Gasteiger partial charge is 0.339 e. The van der Waals surface area contributed by atoms with Gasteiger partial charge in [0, 0.05) is 44.2 Å². The highest BCUT2D eigenvalue weighted by Gasteiger charge is 2.36. The van der Waals surface area contributed by atoms with Gasteiger partial charge in [-0.15, -0.1) is 0 Å². The zero-order valence-electron chi connectivity index (χ0n) is 15.7. The van der Waals surface area contributed by atoms with Gasteiger partial charge in [0.15, 0.2) is 9.84 Å². The van der Waals surface area contributed by atoms with E-state index in [1.165, 1.54) is 0 Å². The molecule has 0 aromatic heterocycles. The van der Waals surface area contributed by atoms with Crippen LogP contribution in [0.2, 0.25) is 0 Å². The second kappa shape index (κ2) is 8.39. The molecule has 27 heavy (non-hydrogen) atoms. The fourth-order valence-electron chi connectivity index (χ4n) is 3.72. The van der Waals surface area contributed by atoms with Crippen LogP contribution in [0.15, 0.2) is 30.3 Å². The smallest absolute Gasteiger partial charge is 0.244 e.